The molecule has 0 atom stereocenters. The molecule has 2 heterocycles. The summed E-state index contributed by atoms with van der Waals surface area (Å²) in [6, 6.07) is 0. The van der Waals surface area contributed by atoms with Crippen LogP contribution in [0.25, 0.3) is 0 Å². The summed E-state index contributed by atoms with van der Waals surface area (Å²) in [5.74, 6) is 0.888. The van der Waals surface area contributed by atoms with E-state index in [0.29, 0.717) is 0 Å². The van der Waals surface area contributed by atoms with Crippen LogP contribution in [-0.4, -0.2) is 28.3 Å². The quantitative estimate of drug-likeness (QED) is 0.781. The SMILES string of the molecule is COCCCn1ccnc1NCc1nc(C)cs1. The summed E-state index contributed by atoms with van der Waals surface area (Å²) >= 11 is 1.67. The second kappa shape index (κ2) is 6.51. The summed E-state index contributed by atoms with van der Waals surface area (Å²) in [4.78, 5) is 8.72. The molecule has 2 rings (SSSR count). The van der Waals surface area contributed by atoms with Crippen molar-refractivity contribution in [3.63, 3.8) is 0 Å². The van der Waals surface area contributed by atoms with E-state index in [1.54, 1.807) is 18.4 Å². The Hall–Kier alpha value is -1.40. The molecule has 0 fully saturated rings. The number of rotatable bonds is 7. The van der Waals surface area contributed by atoms with Crippen LogP contribution in [0.4, 0.5) is 5.95 Å². The molecular weight excluding hydrogens is 248 g/mol. The summed E-state index contributed by atoms with van der Waals surface area (Å²) in [5, 5.41) is 6.45. The number of thiazole rings is 1. The highest BCUT2D eigenvalue weighted by Gasteiger charge is 2.03. The molecule has 0 aliphatic rings. The van der Waals surface area contributed by atoms with Gasteiger partial charge in [-0.15, -0.1) is 11.3 Å². The van der Waals surface area contributed by atoms with Gasteiger partial charge in [-0.2, -0.15) is 0 Å². The minimum atomic E-state index is 0.722. The zero-order valence-corrected chi connectivity index (χ0v) is 11.5. The fourth-order valence-corrected chi connectivity index (χ4v) is 2.39. The summed E-state index contributed by atoms with van der Waals surface area (Å²) in [6.45, 7) is 4.40. The van der Waals surface area contributed by atoms with Gasteiger partial charge < -0.3 is 14.6 Å². The van der Waals surface area contributed by atoms with E-state index in [4.69, 9.17) is 4.74 Å². The van der Waals surface area contributed by atoms with E-state index in [-0.39, 0.29) is 0 Å². The minimum absolute atomic E-state index is 0.722. The molecule has 5 nitrogen and oxygen atoms in total. The Morgan fingerprint density at radius 2 is 2.39 bits per heavy atom. The highest BCUT2D eigenvalue weighted by Crippen LogP contribution is 2.12. The van der Waals surface area contributed by atoms with Crippen molar-refractivity contribution in [2.45, 2.75) is 26.4 Å². The second-order valence-corrected chi connectivity index (χ2v) is 4.97. The molecule has 98 valence electrons. The van der Waals surface area contributed by atoms with E-state index >= 15 is 0 Å². The van der Waals surface area contributed by atoms with Gasteiger partial charge in [0.15, 0.2) is 0 Å². The molecule has 0 radical (unpaired) electrons. The Morgan fingerprint density at radius 3 is 3.11 bits per heavy atom. The van der Waals surface area contributed by atoms with Gasteiger partial charge in [0.2, 0.25) is 5.95 Å². The number of imidazole rings is 1. The Morgan fingerprint density at radius 1 is 1.50 bits per heavy atom. The van der Waals surface area contributed by atoms with Crippen molar-refractivity contribution < 1.29 is 4.74 Å². The molecule has 0 aliphatic carbocycles. The number of anilines is 1. The van der Waals surface area contributed by atoms with Crippen LogP contribution in [-0.2, 0) is 17.8 Å². The van der Waals surface area contributed by atoms with Crippen molar-refractivity contribution in [2.75, 3.05) is 19.0 Å². The van der Waals surface area contributed by atoms with Crippen LogP contribution in [0.3, 0.4) is 0 Å². The average Bonchev–Trinajstić information content (AvgIpc) is 2.96. The molecule has 1 N–H and O–H groups in total. The topological polar surface area (TPSA) is 52.0 Å². The maximum absolute atomic E-state index is 5.05. The summed E-state index contributed by atoms with van der Waals surface area (Å²) in [5.41, 5.74) is 1.07. The molecule has 0 bridgehead atoms. The normalized spacial score (nSPS) is 10.8. The van der Waals surface area contributed by atoms with Gasteiger partial charge in [-0.1, -0.05) is 0 Å². The first kappa shape index (κ1) is 13.0. The van der Waals surface area contributed by atoms with Crippen molar-refractivity contribution in [2.24, 2.45) is 0 Å². The van der Waals surface area contributed by atoms with Crippen LogP contribution in [0.2, 0.25) is 0 Å². The largest absolute Gasteiger partial charge is 0.385 e. The molecule has 0 unspecified atom stereocenters. The van der Waals surface area contributed by atoms with Gasteiger partial charge in [-0.05, 0) is 13.3 Å². The standard InChI is InChI=1S/C12H18N4OS/c1-10-9-18-11(15-10)8-14-12-13-4-6-16(12)5-3-7-17-2/h4,6,9H,3,5,7-8H2,1-2H3,(H,13,14). The molecule has 0 saturated carbocycles. The Balaban J connectivity index is 1.87. The zero-order valence-electron chi connectivity index (χ0n) is 10.7. The lowest BCUT2D eigenvalue weighted by Crippen LogP contribution is -2.08. The van der Waals surface area contributed by atoms with E-state index in [1.165, 1.54) is 0 Å². The molecule has 18 heavy (non-hydrogen) atoms. The number of aryl methyl sites for hydroxylation is 2. The highest BCUT2D eigenvalue weighted by molar-refractivity contribution is 7.09. The van der Waals surface area contributed by atoms with Crippen molar-refractivity contribution in [1.82, 2.24) is 14.5 Å². The van der Waals surface area contributed by atoms with Gasteiger partial charge in [-0.3, -0.25) is 0 Å². The maximum Gasteiger partial charge on any atom is 0.203 e. The van der Waals surface area contributed by atoms with E-state index in [1.807, 2.05) is 19.3 Å². The lowest BCUT2D eigenvalue weighted by molar-refractivity contribution is 0.190. The number of hydrogen-bond donors (Lipinski definition) is 1. The van der Waals surface area contributed by atoms with Gasteiger partial charge in [0.05, 0.1) is 6.54 Å². The first-order valence-corrected chi connectivity index (χ1v) is 6.82. The first-order chi connectivity index (χ1) is 8.79. The maximum atomic E-state index is 5.05. The van der Waals surface area contributed by atoms with E-state index in [9.17, 15) is 0 Å². The molecule has 0 amide bonds. The Labute approximate surface area is 111 Å². The lowest BCUT2D eigenvalue weighted by atomic mass is 10.4. The van der Waals surface area contributed by atoms with Crippen LogP contribution in [0.5, 0.6) is 0 Å². The van der Waals surface area contributed by atoms with Gasteiger partial charge in [0.1, 0.15) is 5.01 Å². The molecule has 0 aliphatic heterocycles. The van der Waals surface area contributed by atoms with Crippen LogP contribution in [0.15, 0.2) is 17.8 Å². The molecule has 0 aromatic carbocycles. The Bertz CT molecular complexity index is 480. The number of hydrogen-bond acceptors (Lipinski definition) is 5. The highest BCUT2D eigenvalue weighted by atomic mass is 32.1. The van der Waals surface area contributed by atoms with Gasteiger partial charge in [0.25, 0.3) is 0 Å². The number of ether oxygens (including phenoxy) is 1. The third-order valence-electron chi connectivity index (χ3n) is 2.53. The summed E-state index contributed by atoms with van der Waals surface area (Å²) < 4.78 is 7.15. The smallest absolute Gasteiger partial charge is 0.203 e. The van der Waals surface area contributed by atoms with E-state index < -0.39 is 0 Å². The monoisotopic (exact) mass is 266 g/mol. The molecule has 0 spiro atoms. The van der Waals surface area contributed by atoms with Crippen molar-refractivity contribution >= 4 is 17.3 Å². The second-order valence-electron chi connectivity index (χ2n) is 4.03. The van der Waals surface area contributed by atoms with Crippen molar-refractivity contribution in [3.8, 4) is 0 Å². The molecular formula is C12H18N4OS. The molecule has 6 heteroatoms. The predicted molar refractivity (Wildman–Crippen MR) is 72.9 cm³/mol. The fraction of sp³-hybridized carbons (Fsp3) is 0.500. The fourth-order valence-electron chi connectivity index (χ4n) is 1.67. The molecule has 0 saturated heterocycles. The van der Waals surface area contributed by atoms with Crippen molar-refractivity contribution in [1.29, 1.82) is 0 Å². The van der Waals surface area contributed by atoms with Gasteiger partial charge in [0, 0.05) is 43.7 Å². The first-order valence-electron chi connectivity index (χ1n) is 5.94. The van der Waals surface area contributed by atoms with Crippen LogP contribution in [0.1, 0.15) is 17.1 Å². The van der Waals surface area contributed by atoms with Gasteiger partial charge >= 0.3 is 0 Å². The van der Waals surface area contributed by atoms with Crippen LogP contribution in [0, 0.1) is 6.92 Å². The van der Waals surface area contributed by atoms with Crippen molar-refractivity contribution in [3.05, 3.63) is 28.5 Å². The summed E-state index contributed by atoms with van der Waals surface area (Å²) in [7, 11) is 1.72. The molecule has 2 aromatic rings. The van der Waals surface area contributed by atoms with Crippen LogP contribution < -0.4 is 5.32 Å². The predicted octanol–water partition coefficient (Wildman–Crippen LogP) is 2.30. The number of methoxy groups -OCH3 is 1. The van der Waals surface area contributed by atoms with Gasteiger partial charge in [-0.25, -0.2) is 9.97 Å². The zero-order chi connectivity index (χ0) is 12.8. The average molecular weight is 266 g/mol. The number of nitrogens with zero attached hydrogens (tertiary/aromatic N) is 3. The van der Waals surface area contributed by atoms with E-state index in [0.717, 1.165) is 42.8 Å². The van der Waals surface area contributed by atoms with Crippen LogP contribution >= 0.6 is 11.3 Å². The molecule has 2 aromatic heterocycles. The third-order valence-corrected chi connectivity index (χ3v) is 3.49. The minimum Gasteiger partial charge on any atom is -0.385 e. The number of nitrogens with one attached hydrogen (secondary N) is 1. The Kier molecular flexibility index (Phi) is 4.72. The summed E-state index contributed by atoms with van der Waals surface area (Å²) in [6.07, 6.45) is 4.77. The lowest BCUT2D eigenvalue weighted by Gasteiger charge is -2.08. The third kappa shape index (κ3) is 3.54. The number of aromatic nitrogens is 3. The van der Waals surface area contributed by atoms with E-state index in [2.05, 4.69) is 25.2 Å².